The molecule has 0 aliphatic rings. The lowest BCUT2D eigenvalue weighted by Crippen LogP contribution is -2.02. The first-order valence-corrected chi connectivity index (χ1v) is 8.10. The van der Waals surface area contributed by atoms with Gasteiger partial charge in [0.25, 0.3) is 0 Å². The molecule has 0 spiro atoms. The number of hydrogen-bond donors (Lipinski definition) is 1. The molecule has 2 nitrogen and oxygen atoms in total. The maximum atomic E-state index is 13.2. The minimum atomic E-state index is -0.252. The molecule has 1 N–H and O–H groups in total. The van der Waals surface area contributed by atoms with Crippen LogP contribution in [0, 0.1) is 5.82 Å². The summed E-state index contributed by atoms with van der Waals surface area (Å²) in [6, 6.07) is 8.40. The lowest BCUT2D eigenvalue weighted by molar-refractivity contribution is 0.412. The maximum Gasteiger partial charge on any atom is 0.135 e. The van der Waals surface area contributed by atoms with E-state index in [-0.39, 0.29) is 5.82 Å². The van der Waals surface area contributed by atoms with Crippen molar-refractivity contribution in [3.05, 3.63) is 55.1 Å². The highest BCUT2D eigenvalue weighted by atomic mass is 79.9. The van der Waals surface area contributed by atoms with E-state index in [0.717, 1.165) is 30.4 Å². The average molecular weight is 468 g/mol. The second kappa shape index (κ2) is 6.91. The van der Waals surface area contributed by atoms with Crippen LogP contribution in [-0.4, -0.2) is 7.11 Å². The Labute approximate surface area is 142 Å². The van der Waals surface area contributed by atoms with Crippen molar-refractivity contribution in [1.29, 1.82) is 0 Å². The summed E-state index contributed by atoms with van der Waals surface area (Å²) in [7, 11) is 1.61. The Kier molecular flexibility index (Phi) is 5.46. The van der Waals surface area contributed by atoms with E-state index in [2.05, 4.69) is 53.1 Å². The summed E-state index contributed by atoms with van der Waals surface area (Å²) in [5.41, 5.74) is 1.72. The molecular weight excluding hydrogens is 457 g/mol. The fourth-order valence-electron chi connectivity index (χ4n) is 1.69. The Morgan fingerprint density at radius 2 is 1.80 bits per heavy atom. The van der Waals surface area contributed by atoms with E-state index in [1.165, 1.54) is 12.1 Å². The number of nitrogens with one attached hydrogen (secondary N) is 1. The average Bonchev–Trinajstić information content (AvgIpc) is 2.41. The van der Waals surface area contributed by atoms with E-state index in [1.807, 2.05) is 12.1 Å². The Bertz CT molecular complexity index is 634. The fraction of sp³-hybridized carbons (Fsp3) is 0.143. The zero-order chi connectivity index (χ0) is 14.7. The van der Waals surface area contributed by atoms with E-state index < -0.39 is 0 Å². The first-order valence-electron chi connectivity index (χ1n) is 5.72. The summed E-state index contributed by atoms with van der Waals surface area (Å²) < 4.78 is 21.1. The van der Waals surface area contributed by atoms with Crippen LogP contribution in [0.3, 0.4) is 0 Å². The molecule has 20 heavy (non-hydrogen) atoms. The molecule has 0 amide bonds. The van der Waals surface area contributed by atoms with Crippen molar-refractivity contribution >= 4 is 53.5 Å². The van der Waals surface area contributed by atoms with Gasteiger partial charge in [0.2, 0.25) is 0 Å². The molecule has 0 heterocycles. The number of methoxy groups -OCH3 is 1. The van der Waals surface area contributed by atoms with Crippen molar-refractivity contribution in [3.8, 4) is 5.75 Å². The monoisotopic (exact) mass is 465 g/mol. The van der Waals surface area contributed by atoms with Gasteiger partial charge in [-0.2, -0.15) is 0 Å². The Morgan fingerprint density at radius 3 is 2.50 bits per heavy atom. The SMILES string of the molecule is COc1cc(NCc2cc(F)ccc2Br)c(Br)cc1Br. The molecule has 0 aromatic heterocycles. The summed E-state index contributed by atoms with van der Waals surface area (Å²) in [4.78, 5) is 0. The summed E-state index contributed by atoms with van der Waals surface area (Å²) in [5.74, 6) is 0.478. The zero-order valence-electron chi connectivity index (χ0n) is 10.5. The van der Waals surface area contributed by atoms with Crippen LogP contribution in [0.1, 0.15) is 5.56 Å². The van der Waals surface area contributed by atoms with Crippen molar-refractivity contribution in [3.63, 3.8) is 0 Å². The third kappa shape index (κ3) is 3.74. The molecule has 0 saturated heterocycles. The number of halogens is 4. The van der Waals surface area contributed by atoms with Crippen LogP contribution in [0.25, 0.3) is 0 Å². The third-order valence-electron chi connectivity index (χ3n) is 2.72. The second-order valence-electron chi connectivity index (χ2n) is 4.06. The summed E-state index contributed by atoms with van der Waals surface area (Å²) in [6.07, 6.45) is 0. The molecule has 6 heteroatoms. The van der Waals surface area contributed by atoms with Gasteiger partial charge in [0.15, 0.2) is 0 Å². The van der Waals surface area contributed by atoms with E-state index in [1.54, 1.807) is 13.2 Å². The lowest BCUT2D eigenvalue weighted by atomic mass is 10.2. The topological polar surface area (TPSA) is 21.3 Å². The first kappa shape index (κ1) is 15.8. The summed E-state index contributed by atoms with van der Waals surface area (Å²) in [5, 5.41) is 3.25. The fourth-order valence-corrected chi connectivity index (χ4v) is 3.37. The molecular formula is C14H11Br3FNO. The Hall–Kier alpha value is -0.590. The Balaban J connectivity index is 2.20. The van der Waals surface area contributed by atoms with E-state index in [0.29, 0.717) is 6.54 Å². The van der Waals surface area contributed by atoms with Crippen LogP contribution < -0.4 is 10.1 Å². The first-order chi connectivity index (χ1) is 9.51. The van der Waals surface area contributed by atoms with Gasteiger partial charge in [0.1, 0.15) is 11.6 Å². The molecule has 2 rings (SSSR count). The number of benzene rings is 2. The molecule has 0 unspecified atom stereocenters. The van der Waals surface area contributed by atoms with Gasteiger partial charge in [-0.1, -0.05) is 15.9 Å². The third-order valence-corrected chi connectivity index (χ3v) is 4.77. The van der Waals surface area contributed by atoms with Gasteiger partial charge in [-0.25, -0.2) is 4.39 Å². The van der Waals surface area contributed by atoms with E-state index in [9.17, 15) is 4.39 Å². The quantitative estimate of drug-likeness (QED) is 0.619. The van der Waals surface area contributed by atoms with Crippen LogP contribution in [0.2, 0.25) is 0 Å². The number of anilines is 1. The van der Waals surface area contributed by atoms with E-state index >= 15 is 0 Å². The highest BCUT2D eigenvalue weighted by molar-refractivity contribution is 9.11. The molecule has 0 fully saturated rings. The zero-order valence-corrected chi connectivity index (χ0v) is 15.3. The molecule has 2 aromatic carbocycles. The predicted molar refractivity (Wildman–Crippen MR) is 89.8 cm³/mol. The van der Waals surface area contributed by atoms with Crippen LogP contribution in [0.5, 0.6) is 5.75 Å². The molecule has 0 radical (unpaired) electrons. The highest BCUT2D eigenvalue weighted by Crippen LogP contribution is 2.35. The summed E-state index contributed by atoms with van der Waals surface area (Å²) >= 11 is 10.3. The van der Waals surface area contributed by atoms with Gasteiger partial charge >= 0.3 is 0 Å². The number of ether oxygens (including phenoxy) is 1. The van der Waals surface area contributed by atoms with Crippen LogP contribution in [-0.2, 0) is 6.54 Å². The van der Waals surface area contributed by atoms with Crippen molar-refractivity contribution in [1.82, 2.24) is 0 Å². The lowest BCUT2D eigenvalue weighted by Gasteiger charge is -2.13. The normalized spacial score (nSPS) is 10.4. The Morgan fingerprint density at radius 1 is 1.05 bits per heavy atom. The maximum absolute atomic E-state index is 13.2. The van der Waals surface area contributed by atoms with Gasteiger partial charge in [0, 0.05) is 21.6 Å². The molecule has 0 atom stereocenters. The molecule has 0 aliphatic carbocycles. The van der Waals surface area contributed by atoms with Crippen molar-refractivity contribution < 1.29 is 9.13 Å². The van der Waals surface area contributed by atoms with E-state index in [4.69, 9.17) is 4.74 Å². The van der Waals surface area contributed by atoms with Gasteiger partial charge in [0.05, 0.1) is 17.3 Å². The molecule has 0 saturated carbocycles. The molecule has 0 aliphatic heterocycles. The minimum Gasteiger partial charge on any atom is -0.495 e. The van der Waals surface area contributed by atoms with Crippen LogP contribution in [0.4, 0.5) is 10.1 Å². The standard InChI is InChI=1S/C14H11Br3FNO/c1-20-14-6-13(11(16)5-12(14)17)19-7-8-4-9(18)2-3-10(8)15/h2-6,19H,7H2,1H3. The highest BCUT2D eigenvalue weighted by Gasteiger charge is 2.08. The molecule has 0 bridgehead atoms. The minimum absolute atomic E-state index is 0.252. The predicted octanol–water partition coefficient (Wildman–Crippen LogP) is 5.73. The second-order valence-corrected chi connectivity index (χ2v) is 6.62. The van der Waals surface area contributed by atoms with Crippen LogP contribution >= 0.6 is 47.8 Å². The number of rotatable bonds is 4. The summed E-state index contributed by atoms with van der Waals surface area (Å²) in [6.45, 7) is 0.502. The van der Waals surface area contributed by atoms with Gasteiger partial charge in [-0.3, -0.25) is 0 Å². The number of hydrogen-bond acceptors (Lipinski definition) is 2. The van der Waals surface area contributed by atoms with Gasteiger partial charge in [-0.05, 0) is 61.7 Å². The van der Waals surface area contributed by atoms with Crippen molar-refractivity contribution in [2.24, 2.45) is 0 Å². The van der Waals surface area contributed by atoms with Crippen LogP contribution in [0.15, 0.2) is 43.7 Å². The molecule has 106 valence electrons. The largest absolute Gasteiger partial charge is 0.495 e. The molecule has 2 aromatic rings. The van der Waals surface area contributed by atoms with Crippen molar-refractivity contribution in [2.75, 3.05) is 12.4 Å². The van der Waals surface area contributed by atoms with Crippen molar-refractivity contribution in [2.45, 2.75) is 6.54 Å². The van der Waals surface area contributed by atoms with Gasteiger partial charge < -0.3 is 10.1 Å². The van der Waals surface area contributed by atoms with Gasteiger partial charge in [-0.15, -0.1) is 0 Å². The smallest absolute Gasteiger partial charge is 0.135 e.